The van der Waals surface area contributed by atoms with Crippen LogP contribution in [0.4, 0.5) is 0 Å². The molecule has 168 valence electrons. The van der Waals surface area contributed by atoms with Crippen LogP contribution >= 0.6 is 0 Å². The molecule has 0 unspecified atom stereocenters. The van der Waals surface area contributed by atoms with Crippen molar-refractivity contribution in [3.05, 3.63) is 41.1 Å². The van der Waals surface area contributed by atoms with E-state index < -0.39 is 0 Å². The first-order valence-electron chi connectivity index (χ1n) is 9.48. The predicted octanol–water partition coefficient (Wildman–Crippen LogP) is 2.57. The number of carbonyl (C=O) groups excluding carboxylic acids is 3. The Kier molecular flexibility index (Phi) is 6.93. The van der Waals surface area contributed by atoms with Crippen molar-refractivity contribution in [2.24, 2.45) is 0 Å². The monoisotopic (exact) mass is 442 g/mol. The molecule has 0 fully saturated rings. The van der Waals surface area contributed by atoms with E-state index in [4.69, 9.17) is 18.9 Å². The van der Waals surface area contributed by atoms with Gasteiger partial charge in [0.15, 0.2) is 17.3 Å². The third-order valence-corrected chi connectivity index (χ3v) is 4.86. The Hall–Kier alpha value is -4.08. The van der Waals surface area contributed by atoms with Gasteiger partial charge in [-0.2, -0.15) is 5.10 Å². The lowest BCUT2D eigenvalue weighted by atomic mass is 10.00. The van der Waals surface area contributed by atoms with Gasteiger partial charge in [-0.15, -0.1) is 0 Å². The van der Waals surface area contributed by atoms with Crippen LogP contribution in [0, 0.1) is 0 Å². The van der Waals surface area contributed by atoms with E-state index in [1.54, 1.807) is 12.1 Å². The number of ether oxygens (including phenoxy) is 5. The molecule has 0 aliphatic rings. The van der Waals surface area contributed by atoms with Crippen molar-refractivity contribution in [1.82, 2.24) is 10.2 Å². The van der Waals surface area contributed by atoms with E-state index in [1.807, 2.05) is 0 Å². The van der Waals surface area contributed by atoms with Crippen molar-refractivity contribution >= 4 is 28.9 Å². The van der Waals surface area contributed by atoms with Crippen LogP contribution in [0.3, 0.4) is 0 Å². The molecule has 10 heteroatoms. The molecule has 10 nitrogen and oxygen atoms in total. The first kappa shape index (κ1) is 22.6. The molecular weight excluding hydrogens is 420 g/mol. The zero-order chi connectivity index (χ0) is 23.3. The van der Waals surface area contributed by atoms with Crippen molar-refractivity contribution in [1.29, 1.82) is 0 Å². The van der Waals surface area contributed by atoms with E-state index in [9.17, 15) is 14.4 Å². The fourth-order valence-electron chi connectivity index (χ4n) is 3.36. The average Bonchev–Trinajstić information content (AvgIpc) is 3.25. The average molecular weight is 442 g/mol. The summed E-state index contributed by atoms with van der Waals surface area (Å²) in [6.45, 7) is 0.192. The molecule has 0 aliphatic heterocycles. The lowest BCUT2D eigenvalue weighted by molar-refractivity contribution is -0.128. The quantitative estimate of drug-likeness (QED) is 0.271. The fraction of sp³-hybridized carbons (Fsp3) is 0.273. The summed E-state index contributed by atoms with van der Waals surface area (Å²) in [7, 11) is 5.80. The van der Waals surface area contributed by atoms with E-state index >= 15 is 0 Å². The number of Topliss-reactive ketones (excluding diaryl/α,β-unsaturated/α-hetero) is 1. The molecule has 0 saturated heterocycles. The van der Waals surface area contributed by atoms with Gasteiger partial charge in [0.2, 0.25) is 11.5 Å². The Morgan fingerprint density at radius 1 is 0.969 bits per heavy atom. The third-order valence-electron chi connectivity index (χ3n) is 4.86. The molecule has 0 spiro atoms. The summed E-state index contributed by atoms with van der Waals surface area (Å²) >= 11 is 0. The minimum atomic E-state index is -0.389. The second kappa shape index (κ2) is 9.82. The van der Waals surface area contributed by atoms with Crippen LogP contribution in [0.25, 0.3) is 10.9 Å². The fourth-order valence-corrected chi connectivity index (χ4v) is 3.36. The van der Waals surface area contributed by atoms with Gasteiger partial charge >= 0.3 is 0 Å². The van der Waals surface area contributed by atoms with E-state index in [0.717, 1.165) is 0 Å². The highest BCUT2D eigenvalue weighted by Gasteiger charge is 2.25. The molecule has 0 amide bonds. The first-order valence-corrected chi connectivity index (χ1v) is 9.48. The highest BCUT2D eigenvalue weighted by Crippen LogP contribution is 2.39. The van der Waals surface area contributed by atoms with Crippen LogP contribution in [0.1, 0.15) is 32.8 Å². The van der Waals surface area contributed by atoms with Gasteiger partial charge < -0.3 is 23.7 Å². The second-order valence-electron chi connectivity index (χ2n) is 6.52. The minimum Gasteiger partial charge on any atom is -0.496 e. The number of methoxy groups -OCH3 is 4. The Labute approximate surface area is 183 Å². The number of H-pyrrole nitrogens is 1. The zero-order valence-electron chi connectivity index (χ0n) is 18.0. The maximum atomic E-state index is 13.3. The summed E-state index contributed by atoms with van der Waals surface area (Å²) in [4.78, 5) is 36.4. The summed E-state index contributed by atoms with van der Waals surface area (Å²) in [5, 5.41) is 7.35. The molecule has 1 aromatic heterocycles. The molecule has 1 N–H and O–H groups in total. The van der Waals surface area contributed by atoms with Gasteiger partial charge in [0.05, 0.1) is 40.6 Å². The maximum Gasteiger partial charge on any atom is 0.293 e. The Balaban J connectivity index is 2.09. The molecular formula is C22H22N2O8. The molecule has 3 aromatic rings. The summed E-state index contributed by atoms with van der Waals surface area (Å²) < 4.78 is 25.9. The van der Waals surface area contributed by atoms with E-state index in [0.29, 0.717) is 28.4 Å². The number of nitrogens with one attached hydrogen (secondary N) is 1. The number of aromatic amines is 1. The van der Waals surface area contributed by atoms with Crippen molar-refractivity contribution in [2.75, 3.05) is 35.0 Å². The van der Waals surface area contributed by atoms with Crippen molar-refractivity contribution in [2.45, 2.75) is 6.42 Å². The Morgan fingerprint density at radius 3 is 2.19 bits per heavy atom. The number of carbonyl (C=O) groups is 3. The van der Waals surface area contributed by atoms with Crippen LogP contribution in [-0.2, 0) is 9.53 Å². The summed E-state index contributed by atoms with van der Waals surface area (Å²) in [6.07, 6.45) is -0.0583. The largest absolute Gasteiger partial charge is 0.496 e. The first-order chi connectivity index (χ1) is 15.5. The standard InChI is InChI=1S/C22H22N2O8/c1-28-15-6-5-13-19(18(15)14(26)7-8-32-11-25)23-24-20(13)21(27)12-9-16(29-2)22(31-4)17(10-12)30-3/h5-6,9-11H,7-8H2,1-4H3,(H,23,24). The van der Waals surface area contributed by atoms with Crippen molar-refractivity contribution in [3.63, 3.8) is 0 Å². The second-order valence-corrected chi connectivity index (χ2v) is 6.52. The van der Waals surface area contributed by atoms with Crippen molar-refractivity contribution < 1.29 is 38.1 Å². The number of hydrogen-bond acceptors (Lipinski definition) is 9. The molecule has 0 bridgehead atoms. The third kappa shape index (κ3) is 4.07. The molecule has 3 rings (SSSR count). The summed E-state index contributed by atoms with van der Waals surface area (Å²) in [5.74, 6) is 0.578. The molecule has 0 saturated carbocycles. The smallest absolute Gasteiger partial charge is 0.293 e. The van der Waals surface area contributed by atoms with Crippen molar-refractivity contribution in [3.8, 4) is 23.0 Å². The summed E-state index contributed by atoms with van der Waals surface area (Å²) in [6, 6.07) is 6.28. The van der Waals surface area contributed by atoms with Gasteiger partial charge in [0.1, 0.15) is 17.0 Å². The highest BCUT2D eigenvalue weighted by molar-refractivity contribution is 6.18. The number of benzene rings is 2. The number of ketones is 2. The molecule has 1 heterocycles. The van der Waals surface area contributed by atoms with Gasteiger partial charge in [0.25, 0.3) is 6.47 Å². The normalized spacial score (nSPS) is 10.5. The Bertz CT molecular complexity index is 1140. The van der Waals surface area contributed by atoms with Crippen LogP contribution in [0.5, 0.6) is 23.0 Å². The van der Waals surface area contributed by atoms with Gasteiger partial charge in [-0.25, -0.2) is 0 Å². The molecule has 0 radical (unpaired) electrons. The zero-order valence-corrected chi connectivity index (χ0v) is 18.0. The SMILES string of the molecule is COc1cc(C(=O)c2[nH]nc3c(C(=O)CCOC=O)c(OC)ccc23)cc(OC)c1OC. The van der Waals surface area contributed by atoms with Crippen LogP contribution < -0.4 is 18.9 Å². The lowest BCUT2D eigenvalue weighted by Crippen LogP contribution is -2.07. The topological polar surface area (TPSA) is 126 Å². The van der Waals surface area contributed by atoms with Gasteiger partial charge in [-0.3, -0.25) is 19.5 Å². The number of aromatic nitrogens is 2. The summed E-state index contributed by atoms with van der Waals surface area (Å²) in [5.41, 5.74) is 0.916. The maximum absolute atomic E-state index is 13.3. The van der Waals surface area contributed by atoms with Crippen LogP contribution in [0.15, 0.2) is 24.3 Å². The van der Waals surface area contributed by atoms with E-state index in [2.05, 4.69) is 14.9 Å². The molecule has 32 heavy (non-hydrogen) atoms. The van der Waals surface area contributed by atoms with Gasteiger partial charge in [-0.1, -0.05) is 0 Å². The highest BCUT2D eigenvalue weighted by atomic mass is 16.5. The van der Waals surface area contributed by atoms with Crippen LogP contribution in [-0.4, -0.2) is 63.3 Å². The Morgan fingerprint density at radius 2 is 1.62 bits per heavy atom. The predicted molar refractivity (Wildman–Crippen MR) is 113 cm³/mol. The number of nitrogens with zero attached hydrogens (tertiary/aromatic N) is 1. The minimum absolute atomic E-state index is 0.0583. The number of rotatable bonds is 11. The lowest BCUT2D eigenvalue weighted by Gasteiger charge is -2.13. The van der Waals surface area contributed by atoms with Gasteiger partial charge in [-0.05, 0) is 24.3 Å². The molecule has 0 atom stereocenters. The van der Waals surface area contributed by atoms with E-state index in [1.165, 1.54) is 40.6 Å². The number of fused-ring (bicyclic) bond motifs is 1. The van der Waals surface area contributed by atoms with Gasteiger partial charge in [0, 0.05) is 17.4 Å². The molecule has 0 aliphatic carbocycles. The molecule has 2 aromatic carbocycles. The number of hydrogen-bond donors (Lipinski definition) is 1. The van der Waals surface area contributed by atoms with Crippen LogP contribution in [0.2, 0.25) is 0 Å². The van der Waals surface area contributed by atoms with E-state index in [-0.39, 0.29) is 53.4 Å².